The van der Waals surface area contributed by atoms with Crippen LogP contribution < -0.4 is 0 Å². The summed E-state index contributed by atoms with van der Waals surface area (Å²) >= 11 is 0. The molecule has 0 aromatic heterocycles. The van der Waals surface area contributed by atoms with Gasteiger partial charge in [-0.15, -0.1) is 6.42 Å². The quantitative estimate of drug-likeness (QED) is 0.498. The summed E-state index contributed by atoms with van der Waals surface area (Å²) in [6, 6.07) is 0. The minimum atomic E-state index is -0.433. The number of aliphatic hydroxyl groups excluding tert-OH is 1. The highest BCUT2D eigenvalue weighted by Crippen LogP contribution is 2.36. The molecule has 0 radical (unpaired) electrons. The van der Waals surface area contributed by atoms with Gasteiger partial charge in [0.25, 0.3) is 0 Å². The Hall–Kier alpha value is -0.740. The summed E-state index contributed by atoms with van der Waals surface area (Å²) in [7, 11) is 0. The van der Waals surface area contributed by atoms with Gasteiger partial charge in [0.15, 0.2) is 0 Å². The van der Waals surface area contributed by atoms with Crippen LogP contribution in [0.4, 0.5) is 0 Å². The molecule has 0 bridgehead atoms. The van der Waals surface area contributed by atoms with Crippen molar-refractivity contribution in [2.45, 2.75) is 26.4 Å². The Bertz CT molecular complexity index is 205. The summed E-state index contributed by atoms with van der Waals surface area (Å²) in [4.78, 5) is 0. The van der Waals surface area contributed by atoms with Gasteiger partial charge in [-0.1, -0.05) is 25.8 Å². The third-order valence-corrected chi connectivity index (χ3v) is 2.05. The van der Waals surface area contributed by atoms with Crippen molar-refractivity contribution in [2.24, 2.45) is 5.41 Å². The van der Waals surface area contributed by atoms with Crippen LogP contribution in [-0.2, 0) is 0 Å². The van der Waals surface area contributed by atoms with Crippen LogP contribution >= 0.6 is 0 Å². The van der Waals surface area contributed by atoms with Gasteiger partial charge in [0.2, 0.25) is 0 Å². The molecule has 0 aromatic rings. The van der Waals surface area contributed by atoms with Crippen LogP contribution in [-0.4, -0.2) is 11.2 Å². The second-order valence-electron chi connectivity index (χ2n) is 3.40. The van der Waals surface area contributed by atoms with Crippen LogP contribution in [0.25, 0.3) is 0 Å². The monoisotopic (exact) mass is 136 g/mol. The first kappa shape index (κ1) is 7.37. The molecule has 1 unspecified atom stereocenters. The SMILES string of the molecule is C#CC1=CCC(C)(C)C1O. The van der Waals surface area contributed by atoms with Crippen LogP contribution in [0.5, 0.6) is 0 Å². The van der Waals surface area contributed by atoms with Gasteiger partial charge in [-0.3, -0.25) is 0 Å². The molecule has 1 rings (SSSR count). The molecular weight excluding hydrogens is 124 g/mol. The van der Waals surface area contributed by atoms with Crippen molar-refractivity contribution < 1.29 is 5.11 Å². The molecule has 1 aliphatic carbocycles. The Labute approximate surface area is 61.8 Å². The van der Waals surface area contributed by atoms with Crippen molar-refractivity contribution in [1.29, 1.82) is 0 Å². The average Bonchev–Trinajstić information content (AvgIpc) is 2.10. The summed E-state index contributed by atoms with van der Waals surface area (Å²) in [6.07, 6.45) is 7.55. The van der Waals surface area contributed by atoms with Gasteiger partial charge >= 0.3 is 0 Å². The van der Waals surface area contributed by atoms with Gasteiger partial charge in [0, 0.05) is 5.57 Å². The first-order valence-electron chi connectivity index (χ1n) is 3.42. The lowest BCUT2D eigenvalue weighted by atomic mass is 9.87. The molecule has 1 atom stereocenters. The second-order valence-corrected chi connectivity index (χ2v) is 3.40. The van der Waals surface area contributed by atoms with E-state index in [0.717, 1.165) is 12.0 Å². The van der Waals surface area contributed by atoms with Crippen molar-refractivity contribution in [2.75, 3.05) is 0 Å². The fraction of sp³-hybridized carbons (Fsp3) is 0.556. The zero-order chi connectivity index (χ0) is 7.78. The van der Waals surface area contributed by atoms with E-state index in [2.05, 4.69) is 5.92 Å². The van der Waals surface area contributed by atoms with Crippen molar-refractivity contribution in [3.63, 3.8) is 0 Å². The molecule has 0 fully saturated rings. The maximum Gasteiger partial charge on any atom is 0.0918 e. The maximum absolute atomic E-state index is 9.51. The van der Waals surface area contributed by atoms with E-state index in [9.17, 15) is 5.11 Å². The third kappa shape index (κ3) is 0.955. The highest BCUT2D eigenvalue weighted by Gasteiger charge is 2.33. The zero-order valence-corrected chi connectivity index (χ0v) is 6.39. The fourth-order valence-electron chi connectivity index (χ4n) is 1.16. The van der Waals surface area contributed by atoms with E-state index in [1.165, 1.54) is 0 Å². The summed E-state index contributed by atoms with van der Waals surface area (Å²) in [5, 5.41) is 9.51. The molecular formula is C9H12O. The highest BCUT2D eigenvalue weighted by atomic mass is 16.3. The van der Waals surface area contributed by atoms with E-state index in [1.54, 1.807) is 0 Å². The first-order chi connectivity index (χ1) is 4.58. The molecule has 1 nitrogen and oxygen atoms in total. The van der Waals surface area contributed by atoms with E-state index in [1.807, 2.05) is 19.9 Å². The smallest absolute Gasteiger partial charge is 0.0918 e. The zero-order valence-electron chi connectivity index (χ0n) is 6.39. The maximum atomic E-state index is 9.51. The number of allylic oxidation sites excluding steroid dienone is 1. The largest absolute Gasteiger partial charge is 0.387 e. The van der Waals surface area contributed by atoms with Crippen LogP contribution in [0.2, 0.25) is 0 Å². The fourth-order valence-corrected chi connectivity index (χ4v) is 1.16. The molecule has 0 heterocycles. The summed E-state index contributed by atoms with van der Waals surface area (Å²) in [5.74, 6) is 2.48. The Morgan fingerprint density at radius 3 is 2.60 bits per heavy atom. The van der Waals surface area contributed by atoms with E-state index in [4.69, 9.17) is 6.42 Å². The average molecular weight is 136 g/mol. The van der Waals surface area contributed by atoms with E-state index < -0.39 is 6.10 Å². The number of aliphatic hydroxyl groups is 1. The van der Waals surface area contributed by atoms with Gasteiger partial charge in [0.1, 0.15) is 0 Å². The predicted molar refractivity (Wildman–Crippen MR) is 41.3 cm³/mol. The topological polar surface area (TPSA) is 20.2 Å². The lowest BCUT2D eigenvalue weighted by Gasteiger charge is -2.22. The molecule has 10 heavy (non-hydrogen) atoms. The summed E-state index contributed by atoms with van der Waals surface area (Å²) in [5.41, 5.74) is 0.687. The van der Waals surface area contributed by atoms with Gasteiger partial charge < -0.3 is 5.11 Å². The Morgan fingerprint density at radius 2 is 2.40 bits per heavy atom. The standard InChI is InChI=1S/C9H12O/c1-4-7-5-6-9(2,3)8(7)10/h1,5,8,10H,6H2,2-3H3. The number of terminal acetylenes is 1. The minimum absolute atomic E-state index is 0.0539. The molecule has 0 saturated carbocycles. The first-order valence-corrected chi connectivity index (χ1v) is 3.42. The molecule has 0 aliphatic heterocycles. The molecule has 0 amide bonds. The lowest BCUT2D eigenvalue weighted by molar-refractivity contribution is 0.101. The van der Waals surface area contributed by atoms with E-state index in [-0.39, 0.29) is 5.41 Å². The molecule has 1 aliphatic rings. The van der Waals surface area contributed by atoms with Gasteiger partial charge in [-0.05, 0) is 11.8 Å². The van der Waals surface area contributed by atoms with Crippen LogP contribution in [0, 0.1) is 17.8 Å². The molecule has 1 heteroatoms. The molecule has 0 spiro atoms. The Balaban J connectivity index is 2.82. The summed E-state index contributed by atoms with van der Waals surface area (Å²) < 4.78 is 0. The van der Waals surface area contributed by atoms with Crippen molar-refractivity contribution in [1.82, 2.24) is 0 Å². The Kier molecular flexibility index (Phi) is 1.58. The molecule has 54 valence electrons. The number of hydrogen-bond donors (Lipinski definition) is 1. The van der Waals surface area contributed by atoms with Crippen LogP contribution in [0.3, 0.4) is 0 Å². The van der Waals surface area contributed by atoms with Crippen LogP contribution in [0.15, 0.2) is 11.6 Å². The summed E-state index contributed by atoms with van der Waals surface area (Å²) in [6.45, 7) is 4.02. The second kappa shape index (κ2) is 2.14. The minimum Gasteiger partial charge on any atom is -0.387 e. The van der Waals surface area contributed by atoms with E-state index >= 15 is 0 Å². The van der Waals surface area contributed by atoms with Gasteiger partial charge in [-0.2, -0.15) is 0 Å². The molecule has 1 N–H and O–H groups in total. The number of hydrogen-bond acceptors (Lipinski definition) is 1. The van der Waals surface area contributed by atoms with E-state index in [0.29, 0.717) is 0 Å². The van der Waals surface area contributed by atoms with Crippen molar-refractivity contribution >= 4 is 0 Å². The van der Waals surface area contributed by atoms with Gasteiger partial charge in [0.05, 0.1) is 6.10 Å². The van der Waals surface area contributed by atoms with Crippen molar-refractivity contribution in [3.05, 3.63) is 11.6 Å². The predicted octanol–water partition coefficient (Wildman–Crippen LogP) is 1.34. The highest BCUT2D eigenvalue weighted by molar-refractivity contribution is 5.35. The molecule has 0 saturated heterocycles. The number of rotatable bonds is 0. The van der Waals surface area contributed by atoms with Crippen LogP contribution in [0.1, 0.15) is 20.3 Å². The molecule has 0 aromatic carbocycles. The van der Waals surface area contributed by atoms with Gasteiger partial charge in [-0.25, -0.2) is 0 Å². The lowest BCUT2D eigenvalue weighted by Crippen LogP contribution is -2.25. The van der Waals surface area contributed by atoms with Crippen molar-refractivity contribution in [3.8, 4) is 12.3 Å². The Morgan fingerprint density at radius 1 is 1.80 bits per heavy atom. The third-order valence-electron chi connectivity index (χ3n) is 2.05. The normalized spacial score (nSPS) is 29.4.